The van der Waals surface area contributed by atoms with E-state index in [-0.39, 0.29) is 11.5 Å². The predicted octanol–water partition coefficient (Wildman–Crippen LogP) is 1.84. The van der Waals surface area contributed by atoms with Gasteiger partial charge in [-0.2, -0.15) is 0 Å². The van der Waals surface area contributed by atoms with Gasteiger partial charge in [0.15, 0.2) is 5.17 Å². The Hall–Kier alpha value is -2.80. The summed E-state index contributed by atoms with van der Waals surface area (Å²) < 4.78 is 5.18. The Morgan fingerprint density at radius 2 is 2.22 bits per heavy atom. The van der Waals surface area contributed by atoms with Crippen LogP contribution < -0.4 is 10.4 Å². The molecule has 0 unspecified atom stereocenters. The minimum absolute atomic E-state index is 0.0376. The molecule has 0 radical (unpaired) electrons. The number of aromatic carboxylic acids is 1. The number of benzene rings is 1. The lowest BCUT2D eigenvalue weighted by molar-refractivity contribution is -0.255. The molecule has 116 valence electrons. The molecule has 2 aromatic rings. The van der Waals surface area contributed by atoms with Gasteiger partial charge in [-0.3, -0.25) is 4.79 Å². The second-order valence-corrected chi connectivity index (χ2v) is 5.82. The van der Waals surface area contributed by atoms with Gasteiger partial charge in [0.1, 0.15) is 5.76 Å². The molecule has 1 aliphatic heterocycles. The van der Waals surface area contributed by atoms with Crippen LogP contribution in [0.1, 0.15) is 21.7 Å². The molecule has 1 N–H and O–H groups in total. The number of carbonyl (C=O) groups is 2. The Morgan fingerprint density at radius 3 is 2.91 bits per heavy atom. The van der Waals surface area contributed by atoms with E-state index in [0.717, 1.165) is 17.3 Å². The summed E-state index contributed by atoms with van der Waals surface area (Å²) in [5.41, 5.74) is 1.30. The Labute approximate surface area is 135 Å². The number of hydrogen-bond donors (Lipinski definition) is 1. The van der Waals surface area contributed by atoms with Crippen LogP contribution in [0.3, 0.4) is 0 Å². The fraction of sp³-hybridized carbons (Fsp3) is 0.0625. The van der Waals surface area contributed by atoms with E-state index in [1.165, 1.54) is 18.4 Å². The van der Waals surface area contributed by atoms with Crippen molar-refractivity contribution in [1.29, 1.82) is 0 Å². The van der Waals surface area contributed by atoms with Crippen molar-refractivity contribution in [2.75, 3.05) is 0 Å². The summed E-state index contributed by atoms with van der Waals surface area (Å²) in [6.45, 7) is 1.81. The molecule has 1 aromatic carbocycles. The zero-order valence-electron chi connectivity index (χ0n) is 12.0. The summed E-state index contributed by atoms with van der Waals surface area (Å²) in [6.07, 6.45) is 3.14. The molecule has 0 spiro atoms. The van der Waals surface area contributed by atoms with E-state index in [9.17, 15) is 14.7 Å². The predicted molar refractivity (Wildman–Crippen MR) is 85.0 cm³/mol. The van der Waals surface area contributed by atoms with Gasteiger partial charge < -0.3 is 19.6 Å². The molecule has 1 fully saturated rings. The van der Waals surface area contributed by atoms with Crippen LogP contribution in [0.2, 0.25) is 0 Å². The minimum atomic E-state index is -1.27. The molecule has 23 heavy (non-hydrogen) atoms. The number of thioether (sulfide) groups is 1. The first-order valence-corrected chi connectivity index (χ1v) is 7.49. The molecule has 1 saturated heterocycles. The Balaban J connectivity index is 1.89. The molecule has 1 amide bonds. The Kier molecular flexibility index (Phi) is 4.03. The number of hydrogen-bond acceptors (Lipinski definition) is 6. The first kappa shape index (κ1) is 15.1. The van der Waals surface area contributed by atoms with Gasteiger partial charge in [-0.05, 0) is 48.0 Å². The highest BCUT2D eigenvalue weighted by atomic mass is 32.2. The largest absolute Gasteiger partial charge is 0.545 e. The van der Waals surface area contributed by atoms with Crippen molar-refractivity contribution >= 4 is 40.6 Å². The number of nitrogens with one attached hydrogen (secondary N) is 1. The second-order valence-electron chi connectivity index (χ2n) is 4.79. The topological polar surface area (TPSA) is 94.7 Å². The van der Waals surface area contributed by atoms with Gasteiger partial charge in [-0.15, -0.1) is 0 Å². The highest BCUT2D eigenvalue weighted by Gasteiger charge is 2.24. The number of carboxylic acids is 1. The highest BCUT2D eigenvalue weighted by Crippen LogP contribution is 2.29. The van der Waals surface area contributed by atoms with Gasteiger partial charge in [0.2, 0.25) is 0 Å². The molecule has 3 rings (SSSR count). The van der Waals surface area contributed by atoms with Gasteiger partial charge >= 0.3 is 0 Å². The van der Waals surface area contributed by atoms with Gasteiger partial charge in [-0.25, -0.2) is 4.99 Å². The van der Waals surface area contributed by atoms with Crippen LogP contribution in [0.15, 0.2) is 50.9 Å². The summed E-state index contributed by atoms with van der Waals surface area (Å²) in [7, 11) is 0. The molecule has 6 nitrogen and oxygen atoms in total. The number of furan rings is 1. The number of aliphatic imine (C=N–C) groups is 1. The molecule has 2 heterocycles. The number of amides is 1. The molecule has 0 atom stereocenters. The SMILES string of the molecule is Cc1ccc(C(=O)[O-])cc1N=C1NC(=O)/C(=C\c2ccco2)S1. The summed E-state index contributed by atoms with van der Waals surface area (Å²) >= 11 is 1.16. The molecule has 1 aromatic heterocycles. The maximum absolute atomic E-state index is 11.9. The van der Waals surface area contributed by atoms with Crippen LogP contribution >= 0.6 is 11.8 Å². The molecular weight excluding hydrogens is 316 g/mol. The quantitative estimate of drug-likeness (QED) is 0.868. The van der Waals surface area contributed by atoms with Crippen LogP contribution in [0.25, 0.3) is 6.08 Å². The molecule has 0 saturated carbocycles. The number of amidine groups is 1. The van der Waals surface area contributed by atoms with E-state index in [2.05, 4.69) is 10.3 Å². The minimum Gasteiger partial charge on any atom is -0.545 e. The molecular formula is C16H11N2O4S-. The van der Waals surface area contributed by atoms with Crippen LogP contribution in [-0.4, -0.2) is 17.0 Å². The number of nitrogens with zero attached hydrogens (tertiary/aromatic N) is 1. The highest BCUT2D eigenvalue weighted by molar-refractivity contribution is 8.18. The van der Waals surface area contributed by atoms with Gasteiger partial charge in [0.05, 0.1) is 22.8 Å². The summed E-state index contributed by atoms with van der Waals surface area (Å²) in [5, 5.41) is 14.0. The lowest BCUT2D eigenvalue weighted by Crippen LogP contribution is -2.22. The third kappa shape index (κ3) is 3.35. The zero-order valence-corrected chi connectivity index (χ0v) is 12.8. The standard InChI is InChI=1S/C16H12N2O4S/c1-9-4-5-10(15(20)21)7-12(9)17-16-18-14(19)13(23-16)8-11-3-2-6-22-11/h2-8H,1H3,(H,20,21)(H,17,18,19)/p-1/b13-8+. The van der Waals surface area contributed by atoms with Gasteiger partial charge in [-0.1, -0.05) is 12.1 Å². The maximum atomic E-state index is 11.9. The van der Waals surface area contributed by atoms with Gasteiger partial charge in [0, 0.05) is 6.08 Å². The third-order valence-electron chi connectivity index (χ3n) is 3.13. The lowest BCUT2D eigenvalue weighted by Gasteiger charge is -2.06. The number of rotatable bonds is 3. The zero-order chi connectivity index (χ0) is 16.4. The first-order chi connectivity index (χ1) is 11.0. The lowest BCUT2D eigenvalue weighted by atomic mass is 10.1. The van der Waals surface area contributed by atoms with Crippen LogP contribution in [0.5, 0.6) is 0 Å². The smallest absolute Gasteiger partial charge is 0.264 e. The maximum Gasteiger partial charge on any atom is 0.264 e. The van der Waals surface area contributed by atoms with Crippen molar-refractivity contribution in [2.45, 2.75) is 6.92 Å². The van der Waals surface area contributed by atoms with Crippen molar-refractivity contribution in [1.82, 2.24) is 5.32 Å². The van der Waals surface area contributed by atoms with E-state index in [4.69, 9.17) is 4.42 Å². The van der Waals surface area contributed by atoms with Crippen molar-refractivity contribution in [3.05, 3.63) is 58.4 Å². The molecule has 0 bridgehead atoms. The average molecular weight is 327 g/mol. The van der Waals surface area contributed by atoms with E-state index in [1.807, 2.05) is 0 Å². The van der Waals surface area contributed by atoms with Crippen LogP contribution in [-0.2, 0) is 4.79 Å². The van der Waals surface area contributed by atoms with Crippen LogP contribution in [0, 0.1) is 6.92 Å². The monoisotopic (exact) mass is 327 g/mol. The van der Waals surface area contributed by atoms with E-state index in [1.54, 1.807) is 31.2 Å². The molecule has 7 heteroatoms. The van der Waals surface area contributed by atoms with E-state index in [0.29, 0.717) is 21.5 Å². The van der Waals surface area contributed by atoms with E-state index < -0.39 is 5.97 Å². The Morgan fingerprint density at radius 1 is 1.39 bits per heavy atom. The summed E-state index contributed by atoms with van der Waals surface area (Å²) in [4.78, 5) is 27.6. The van der Waals surface area contributed by atoms with E-state index >= 15 is 0 Å². The average Bonchev–Trinajstić information content (AvgIpc) is 3.12. The van der Waals surface area contributed by atoms with Crippen molar-refractivity contribution < 1.29 is 19.1 Å². The number of aryl methyl sites for hydroxylation is 1. The summed E-state index contributed by atoms with van der Waals surface area (Å²) in [5.74, 6) is -0.981. The van der Waals surface area contributed by atoms with Crippen molar-refractivity contribution in [3.8, 4) is 0 Å². The molecule has 1 aliphatic rings. The van der Waals surface area contributed by atoms with Gasteiger partial charge in [0.25, 0.3) is 5.91 Å². The normalized spacial score (nSPS) is 17.7. The third-order valence-corrected chi connectivity index (χ3v) is 4.04. The first-order valence-electron chi connectivity index (χ1n) is 6.68. The van der Waals surface area contributed by atoms with Crippen molar-refractivity contribution in [2.24, 2.45) is 4.99 Å². The molecule has 0 aliphatic carbocycles. The fourth-order valence-corrected chi connectivity index (χ4v) is 2.76. The van der Waals surface area contributed by atoms with Crippen molar-refractivity contribution in [3.63, 3.8) is 0 Å². The fourth-order valence-electron chi connectivity index (χ4n) is 1.95. The second kappa shape index (κ2) is 6.13. The summed E-state index contributed by atoms with van der Waals surface area (Å²) in [6, 6.07) is 7.98. The van der Waals surface area contributed by atoms with Crippen LogP contribution in [0.4, 0.5) is 5.69 Å². The number of carbonyl (C=O) groups excluding carboxylic acids is 2. The Bertz CT molecular complexity index is 838. The number of carboxylic acid groups (broad SMARTS) is 1.